The Kier molecular flexibility index (Phi) is 2.95. The zero-order valence-corrected chi connectivity index (χ0v) is 9.81. The lowest BCUT2D eigenvalue weighted by atomic mass is 10.1. The summed E-state index contributed by atoms with van der Waals surface area (Å²) in [7, 11) is 0. The van der Waals surface area contributed by atoms with Gasteiger partial charge in [-0.25, -0.2) is 4.79 Å². The molecule has 0 aliphatic rings. The van der Waals surface area contributed by atoms with E-state index in [1.807, 2.05) is 0 Å². The van der Waals surface area contributed by atoms with Gasteiger partial charge in [0.05, 0.1) is 12.3 Å². The van der Waals surface area contributed by atoms with Crippen LogP contribution >= 0.6 is 0 Å². The van der Waals surface area contributed by atoms with Gasteiger partial charge in [-0.2, -0.15) is 0 Å². The second-order valence-electron chi connectivity index (χ2n) is 3.52. The molecule has 0 amide bonds. The summed E-state index contributed by atoms with van der Waals surface area (Å²) < 4.78 is 15.0. The van der Waals surface area contributed by atoms with Crippen molar-refractivity contribution in [2.45, 2.75) is 20.8 Å². The molecule has 0 unspecified atom stereocenters. The predicted molar refractivity (Wildman–Crippen MR) is 57.4 cm³/mol. The Morgan fingerprint density at radius 3 is 2.71 bits per heavy atom. The van der Waals surface area contributed by atoms with E-state index in [1.165, 1.54) is 0 Å². The number of rotatable bonds is 3. The summed E-state index contributed by atoms with van der Waals surface area (Å²) in [5.74, 6) is 0.434. The molecule has 0 N–H and O–H groups in total. The number of hydrogen-bond donors (Lipinski definition) is 0. The highest BCUT2D eigenvalue weighted by atomic mass is 16.5. The molecule has 2 rings (SSSR count). The van der Waals surface area contributed by atoms with Crippen LogP contribution in [0.25, 0.3) is 11.5 Å². The largest absolute Gasteiger partial charge is 0.462 e. The van der Waals surface area contributed by atoms with Crippen molar-refractivity contribution in [3.8, 4) is 11.5 Å². The van der Waals surface area contributed by atoms with Gasteiger partial charge in [0.1, 0.15) is 11.3 Å². The van der Waals surface area contributed by atoms with E-state index in [1.54, 1.807) is 26.8 Å². The maximum absolute atomic E-state index is 11.7. The molecule has 6 heteroatoms. The number of aryl methyl sites for hydroxylation is 2. The highest BCUT2D eigenvalue weighted by Gasteiger charge is 2.24. The van der Waals surface area contributed by atoms with Crippen molar-refractivity contribution < 1.29 is 18.6 Å². The third-order valence-corrected chi connectivity index (χ3v) is 2.20. The number of esters is 1. The van der Waals surface area contributed by atoms with Crippen molar-refractivity contribution >= 4 is 5.97 Å². The molecule has 0 atom stereocenters. The Hall–Kier alpha value is -2.11. The number of hydrogen-bond acceptors (Lipinski definition) is 6. The predicted octanol–water partition coefficient (Wildman–Crippen LogP) is 2.12. The van der Waals surface area contributed by atoms with Gasteiger partial charge < -0.3 is 13.8 Å². The van der Waals surface area contributed by atoms with E-state index in [-0.39, 0.29) is 5.76 Å². The highest BCUT2D eigenvalue weighted by Crippen LogP contribution is 2.26. The molecule has 6 nitrogen and oxygen atoms in total. The molecule has 2 heterocycles. The molecule has 0 aliphatic heterocycles. The molecule has 0 bridgehead atoms. The molecular formula is C11H12N2O4. The summed E-state index contributed by atoms with van der Waals surface area (Å²) >= 11 is 0. The van der Waals surface area contributed by atoms with Crippen molar-refractivity contribution in [3.05, 3.63) is 23.1 Å². The first-order valence-corrected chi connectivity index (χ1v) is 5.20. The van der Waals surface area contributed by atoms with Crippen LogP contribution in [0.3, 0.4) is 0 Å². The topological polar surface area (TPSA) is 78.4 Å². The van der Waals surface area contributed by atoms with Crippen molar-refractivity contribution in [2.75, 3.05) is 6.61 Å². The van der Waals surface area contributed by atoms with Gasteiger partial charge in [-0.15, -0.1) is 0 Å². The first kappa shape index (κ1) is 11.4. The van der Waals surface area contributed by atoms with Crippen LogP contribution in [0, 0.1) is 13.8 Å². The highest BCUT2D eigenvalue weighted by molar-refractivity contribution is 5.96. The molecule has 2 aromatic rings. The Morgan fingerprint density at radius 1 is 1.35 bits per heavy atom. The van der Waals surface area contributed by atoms with E-state index in [4.69, 9.17) is 13.8 Å². The Bertz CT molecular complexity index is 541. The summed E-state index contributed by atoms with van der Waals surface area (Å²) in [5, 5.41) is 7.53. The van der Waals surface area contributed by atoms with E-state index in [2.05, 4.69) is 10.3 Å². The van der Waals surface area contributed by atoms with Gasteiger partial charge in [-0.1, -0.05) is 10.3 Å². The van der Waals surface area contributed by atoms with Crippen molar-refractivity contribution in [1.29, 1.82) is 0 Å². The molecule has 90 valence electrons. The van der Waals surface area contributed by atoms with Crippen LogP contribution in [-0.4, -0.2) is 22.9 Å². The smallest absolute Gasteiger partial charge is 0.344 e. The van der Waals surface area contributed by atoms with Crippen LogP contribution in [0.15, 0.2) is 15.1 Å². The third kappa shape index (κ3) is 2.06. The van der Waals surface area contributed by atoms with E-state index < -0.39 is 5.97 Å². The van der Waals surface area contributed by atoms with Crippen LogP contribution in [0.2, 0.25) is 0 Å². The van der Waals surface area contributed by atoms with Crippen molar-refractivity contribution in [1.82, 2.24) is 10.3 Å². The molecule has 0 spiro atoms. The Morgan fingerprint density at radius 2 is 2.12 bits per heavy atom. The average Bonchev–Trinajstić information content (AvgIpc) is 2.85. The third-order valence-electron chi connectivity index (χ3n) is 2.20. The van der Waals surface area contributed by atoms with Crippen molar-refractivity contribution in [3.63, 3.8) is 0 Å². The van der Waals surface area contributed by atoms with Gasteiger partial charge in [0.2, 0.25) is 5.76 Å². The Balaban J connectivity index is 2.45. The van der Waals surface area contributed by atoms with Crippen LogP contribution in [0.4, 0.5) is 0 Å². The molecule has 17 heavy (non-hydrogen) atoms. The number of aromatic nitrogens is 2. The van der Waals surface area contributed by atoms with Gasteiger partial charge in [0.25, 0.3) is 0 Å². The fourth-order valence-corrected chi connectivity index (χ4v) is 1.46. The lowest BCUT2D eigenvalue weighted by Gasteiger charge is -1.99. The molecule has 0 saturated carbocycles. The summed E-state index contributed by atoms with van der Waals surface area (Å²) in [6.07, 6.45) is 0. The van der Waals surface area contributed by atoms with Gasteiger partial charge >= 0.3 is 5.97 Å². The molecule has 0 radical (unpaired) electrons. The SMILES string of the molecule is CCOC(=O)c1c(C)noc1-c1cc(C)on1. The minimum absolute atomic E-state index is 0.276. The summed E-state index contributed by atoms with van der Waals surface area (Å²) in [4.78, 5) is 11.7. The number of carbonyl (C=O) groups is 1. The Labute approximate surface area is 97.5 Å². The first-order valence-electron chi connectivity index (χ1n) is 5.20. The van der Waals surface area contributed by atoms with E-state index >= 15 is 0 Å². The molecule has 0 aliphatic carbocycles. The summed E-state index contributed by atoms with van der Waals surface area (Å²) in [6, 6.07) is 1.67. The lowest BCUT2D eigenvalue weighted by Crippen LogP contribution is -2.06. The van der Waals surface area contributed by atoms with Gasteiger partial charge in [-0.05, 0) is 20.8 Å². The van der Waals surface area contributed by atoms with Crippen LogP contribution in [0.5, 0.6) is 0 Å². The number of nitrogens with zero attached hydrogens (tertiary/aromatic N) is 2. The standard InChI is InChI=1S/C11H12N2O4/c1-4-15-11(14)9-7(3)12-17-10(9)8-5-6(2)16-13-8/h5H,4H2,1-3H3. The van der Waals surface area contributed by atoms with E-state index in [9.17, 15) is 4.79 Å². The monoisotopic (exact) mass is 236 g/mol. The zero-order chi connectivity index (χ0) is 12.4. The normalized spacial score (nSPS) is 10.5. The molecular weight excluding hydrogens is 224 g/mol. The van der Waals surface area contributed by atoms with Crippen LogP contribution < -0.4 is 0 Å². The second-order valence-corrected chi connectivity index (χ2v) is 3.52. The van der Waals surface area contributed by atoms with E-state index in [0.717, 1.165) is 0 Å². The first-order chi connectivity index (χ1) is 8.13. The molecule has 0 aromatic carbocycles. The van der Waals surface area contributed by atoms with Gasteiger partial charge in [-0.3, -0.25) is 0 Å². The summed E-state index contributed by atoms with van der Waals surface area (Å²) in [5.41, 5.74) is 1.20. The van der Waals surface area contributed by atoms with Crippen LogP contribution in [0.1, 0.15) is 28.7 Å². The maximum atomic E-state index is 11.7. The molecule has 0 fully saturated rings. The fraction of sp³-hybridized carbons (Fsp3) is 0.364. The van der Waals surface area contributed by atoms with Crippen LogP contribution in [-0.2, 0) is 4.74 Å². The minimum Gasteiger partial charge on any atom is -0.462 e. The second kappa shape index (κ2) is 4.40. The average molecular weight is 236 g/mol. The lowest BCUT2D eigenvalue weighted by molar-refractivity contribution is 0.0526. The maximum Gasteiger partial charge on any atom is 0.344 e. The quantitative estimate of drug-likeness (QED) is 0.759. The van der Waals surface area contributed by atoms with Gasteiger partial charge in [0.15, 0.2) is 5.69 Å². The number of carbonyl (C=O) groups excluding carboxylic acids is 1. The number of ether oxygens (including phenoxy) is 1. The zero-order valence-electron chi connectivity index (χ0n) is 9.81. The minimum atomic E-state index is -0.470. The fourth-order valence-electron chi connectivity index (χ4n) is 1.46. The van der Waals surface area contributed by atoms with Gasteiger partial charge in [0, 0.05) is 6.07 Å². The molecule has 2 aromatic heterocycles. The summed E-state index contributed by atoms with van der Waals surface area (Å²) in [6.45, 7) is 5.46. The van der Waals surface area contributed by atoms with Crippen molar-refractivity contribution in [2.24, 2.45) is 0 Å². The molecule has 0 saturated heterocycles. The van der Waals surface area contributed by atoms with E-state index in [0.29, 0.717) is 29.3 Å².